The second-order valence-electron chi connectivity index (χ2n) is 10.4. The van der Waals surface area contributed by atoms with E-state index in [-0.39, 0.29) is 36.5 Å². The smallest absolute Gasteiger partial charge is 0.304 e. The number of likely N-dealkylation sites (tertiary alicyclic amines) is 1. The normalized spacial score (nSPS) is 25.2. The van der Waals surface area contributed by atoms with Gasteiger partial charge < -0.3 is 14.7 Å². The van der Waals surface area contributed by atoms with Crippen molar-refractivity contribution in [3.63, 3.8) is 0 Å². The predicted molar refractivity (Wildman–Crippen MR) is 146 cm³/mol. The molecule has 4 atom stereocenters. The number of rotatable bonds is 10. The molecule has 0 unspecified atom stereocenters. The first-order chi connectivity index (χ1) is 17.9. The Morgan fingerprint density at radius 3 is 2.39 bits per heavy atom. The number of benzene rings is 2. The standard InChI is InChI=1S/C27H32Cl2N2O6S/c1-3-22(16-38(35,36)30-21-14-37-15-21)31-25(17-7-9-19(28)10-8-17)23(18-5-4-6-20(29)11-18)12-27(2,26(31)34)13-24(32)33/h4-11,21-23,25,30H,3,12-16H2,1-2H3,(H,32,33)/t22-,23+,25+,27-/m0/s1. The summed E-state index contributed by atoms with van der Waals surface area (Å²) in [7, 11) is -3.77. The average Bonchev–Trinajstić information content (AvgIpc) is 2.82. The van der Waals surface area contributed by atoms with E-state index in [2.05, 4.69) is 4.72 Å². The van der Waals surface area contributed by atoms with Crippen molar-refractivity contribution in [2.24, 2.45) is 5.41 Å². The lowest BCUT2D eigenvalue weighted by atomic mass is 9.67. The number of piperidine rings is 1. The van der Waals surface area contributed by atoms with Crippen molar-refractivity contribution < 1.29 is 27.9 Å². The number of nitrogens with zero attached hydrogens (tertiary/aromatic N) is 1. The van der Waals surface area contributed by atoms with E-state index in [1.54, 1.807) is 30.0 Å². The molecule has 2 aliphatic heterocycles. The van der Waals surface area contributed by atoms with E-state index in [9.17, 15) is 23.1 Å². The van der Waals surface area contributed by atoms with Gasteiger partial charge in [-0.25, -0.2) is 13.1 Å². The second kappa shape index (κ2) is 11.5. The Bertz CT molecular complexity index is 1280. The van der Waals surface area contributed by atoms with Crippen LogP contribution in [0.1, 0.15) is 56.2 Å². The molecule has 11 heteroatoms. The van der Waals surface area contributed by atoms with Crippen LogP contribution in [0.4, 0.5) is 0 Å². The molecular weight excluding hydrogens is 551 g/mol. The van der Waals surface area contributed by atoms with Gasteiger partial charge in [-0.1, -0.05) is 61.3 Å². The number of aliphatic carboxylic acids is 1. The number of ether oxygens (including phenoxy) is 1. The van der Waals surface area contributed by atoms with Crippen LogP contribution in [0.2, 0.25) is 10.0 Å². The van der Waals surface area contributed by atoms with Gasteiger partial charge in [0.2, 0.25) is 15.9 Å². The highest BCUT2D eigenvalue weighted by Crippen LogP contribution is 2.52. The number of hydrogen-bond acceptors (Lipinski definition) is 5. The molecule has 0 radical (unpaired) electrons. The molecule has 0 bridgehead atoms. The van der Waals surface area contributed by atoms with Crippen molar-refractivity contribution in [2.75, 3.05) is 19.0 Å². The molecule has 0 aromatic heterocycles. The first-order valence-corrected chi connectivity index (χ1v) is 15.0. The molecule has 2 fully saturated rings. The molecule has 2 heterocycles. The molecular formula is C27H32Cl2N2O6S. The lowest BCUT2D eigenvalue weighted by Crippen LogP contribution is -2.58. The third kappa shape index (κ3) is 6.34. The average molecular weight is 584 g/mol. The maximum Gasteiger partial charge on any atom is 0.304 e. The summed E-state index contributed by atoms with van der Waals surface area (Å²) < 4.78 is 34.0. The number of halogens is 2. The highest BCUT2D eigenvalue weighted by molar-refractivity contribution is 7.89. The maximum atomic E-state index is 14.2. The summed E-state index contributed by atoms with van der Waals surface area (Å²) in [6.07, 6.45) is 0.222. The van der Waals surface area contributed by atoms with Crippen LogP contribution in [0.5, 0.6) is 0 Å². The number of hydrogen-bond donors (Lipinski definition) is 2. The molecule has 2 aromatic rings. The molecule has 2 aromatic carbocycles. The van der Waals surface area contributed by atoms with Gasteiger partial charge in [0.25, 0.3) is 0 Å². The summed E-state index contributed by atoms with van der Waals surface area (Å²) in [5, 5.41) is 10.8. The molecule has 4 rings (SSSR count). The quantitative estimate of drug-likeness (QED) is 0.422. The van der Waals surface area contributed by atoms with E-state index in [1.165, 1.54) is 0 Å². The number of carbonyl (C=O) groups is 2. The van der Waals surface area contributed by atoms with Gasteiger partial charge in [0.05, 0.1) is 42.9 Å². The van der Waals surface area contributed by atoms with E-state index in [4.69, 9.17) is 27.9 Å². The third-order valence-corrected chi connectivity index (χ3v) is 9.40. The first kappa shape index (κ1) is 28.8. The van der Waals surface area contributed by atoms with E-state index in [0.29, 0.717) is 29.7 Å². The van der Waals surface area contributed by atoms with Crippen LogP contribution in [0, 0.1) is 5.41 Å². The number of carboxylic acid groups (broad SMARTS) is 1. The van der Waals surface area contributed by atoms with Crippen molar-refractivity contribution in [1.29, 1.82) is 0 Å². The summed E-state index contributed by atoms with van der Waals surface area (Å²) in [6, 6.07) is 12.9. The van der Waals surface area contributed by atoms with Crippen molar-refractivity contribution in [3.8, 4) is 0 Å². The topological polar surface area (TPSA) is 113 Å². The van der Waals surface area contributed by atoms with E-state index in [1.807, 2.05) is 37.3 Å². The minimum absolute atomic E-state index is 0.253. The van der Waals surface area contributed by atoms with Crippen LogP contribution in [0.3, 0.4) is 0 Å². The highest BCUT2D eigenvalue weighted by atomic mass is 35.5. The van der Waals surface area contributed by atoms with Crippen molar-refractivity contribution in [3.05, 3.63) is 69.7 Å². The van der Waals surface area contributed by atoms with E-state index in [0.717, 1.165) is 11.1 Å². The number of carbonyl (C=O) groups excluding carboxylic acids is 1. The second-order valence-corrected chi connectivity index (χ2v) is 13.1. The van der Waals surface area contributed by atoms with Crippen LogP contribution in [-0.4, -0.2) is 61.4 Å². The highest BCUT2D eigenvalue weighted by Gasteiger charge is 2.52. The lowest BCUT2D eigenvalue weighted by Gasteiger charge is -2.51. The van der Waals surface area contributed by atoms with E-state index >= 15 is 0 Å². The summed E-state index contributed by atoms with van der Waals surface area (Å²) in [4.78, 5) is 27.8. The fourth-order valence-corrected chi connectivity index (χ4v) is 7.50. The van der Waals surface area contributed by atoms with Crippen LogP contribution < -0.4 is 4.72 Å². The Balaban J connectivity index is 1.84. The largest absolute Gasteiger partial charge is 0.481 e. The zero-order chi connectivity index (χ0) is 27.7. The zero-order valence-corrected chi connectivity index (χ0v) is 23.6. The van der Waals surface area contributed by atoms with Gasteiger partial charge >= 0.3 is 5.97 Å². The van der Waals surface area contributed by atoms with Crippen molar-refractivity contribution >= 4 is 45.1 Å². The molecule has 1 amide bonds. The van der Waals surface area contributed by atoms with Crippen LogP contribution in [0.25, 0.3) is 0 Å². The molecule has 2 N–H and O–H groups in total. The van der Waals surface area contributed by atoms with Gasteiger partial charge in [0.15, 0.2) is 0 Å². The fourth-order valence-electron chi connectivity index (χ4n) is 5.53. The summed E-state index contributed by atoms with van der Waals surface area (Å²) >= 11 is 12.5. The molecule has 8 nitrogen and oxygen atoms in total. The fraction of sp³-hybridized carbons (Fsp3) is 0.481. The SMILES string of the molecule is CC[C@@H](CS(=O)(=O)NC1COC1)N1C(=O)[C@](C)(CC(=O)O)C[C@H](c2cccc(Cl)c2)[C@H]1c1ccc(Cl)cc1. The lowest BCUT2D eigenvalue weighted by molar-refractivity contribution is -0.160. The summed E-state index contributed by atoms with van der Waals surface area (Å²) in [6.45, 7) is 4.09. The maximum absolute atomic E-state index is 14.2. The number of nitrogens with one attached hydrogen (secondary N) is 1. The number of carboxylic acids is 1. The molecule has 0 spiro atoms. The Labute approximate surface area is 233 Å². The summed E-state index contributed by atoms with van der Waals surface area (Å²) in [5.74, 6) is -2.14. The van der Waals surface area contributed by atoms with Gasteiger partial charge in [-0.2, -0.15) is 0 Å². The van der Waals surface area contributed by atoms with Gasteiger partial charge in [-0.05, 0) is 48.2 Å². The van der Waals surface area contributed by atoms with Crippen LogP contribution in [-0.2, 0) is 24.3 Å². The van der Waals surface area contributed by atoms with Crippen molar-refractivity contribution in [1.82, 2.24) is 9.62 Å². The number of amides is 1. The monoisotopic (exact) mass is 582 g/mol. The third-order valence-electron chi connectivity index (χ3n) is 7.39. The Morgan fingerprint density at radius 2 is 1.84 bits per heavy atom. The van der Waals surface area contributed by atoms with E-state index < -0.39 is 33.5 Å². The molecule has 206 valence electrons. The Hall–Kier alpha value is -2.17. The van der Waals surface area contributed by atoms with Gasteiger partial charge in [0, 0.05) is 22.0 Å². The minimum atomic E-state index is -3.77. The first-order valence-electron chi connectivity index (χ1n) is 12.6. The van der Waals surface area contributed by atoms with Gasteiger partial charge in [0.1, 0.15) is 0 Å². The molecule has 2 saturated heterocycles. The Morgan fingerprint density at radius 1 is 1.16 bits per heavy atom. The predicted octanol–water partition coefficient (Wildman–Crippen LogP) is 4.63. The Kier molecular flexibility index (Phi) is 8.74. The van der Waals surface area contributed by atoms with Gasteiger partial charge in [-0.15, -0.1) is 0 Å². The zero-order valence-electron chi connectivity index (χ0n) is 21.3. The summed E-state index contributed by atoms with van der Waals surface area (Å²) in [5.41, 5.74) is 0.365. The van der Waals surface area contributed by atoms with Crippen molar-refractivity contribution in [2.45, 2.75) is 57.2 Å². The molecule has 0 saturated carbocycles. The molecule has 38 heavy (non-hydrogen) atoms. The number of sulfonamides is 1. The molecule has 2 aliphatic rings. The van der Waals surface area contributed by atoms with Crippen LogP contribution >= 0.6 is 23.2 Å². The van der Waals surface area contributed by atoms with Crippen LogP contribution in [0.15, 0.2) is 48.5 Å². The molecule has 0 aliphatic carbocycles. The minimum Gasteiger partial charge on any atom is -0.481 e. The van der Waals surface area contributed by atoms with Gasteiger partial charge in [-0.3, -0.25) is 9.59 Å².